The average Bonchev–Trinajstić information content (AvgIpc) is 2.81. The molecule has 1 saturated heterocycles. The SMILES string of the molecule is Cc1c(Cl)cccc1NC(=O)CSc1cc(N2CCN(c3ccccc3F)CC2)ncn1. The standard InChI is InChI=1S/C23H23ClFN5OS/c1-16-17(24)5-4-7-19(16)28-22(31)14-32-23-13-21(26-15-27-23)30-11-9-29(10-12-30)20-8-3-2-6-18(20)25/h2-8,13,15H,9-12,14H2,1H3,(H,28,31). The van der Waals surface area contributed by atoms with E-state index in [1.807, 2.05) is 30.0 Å². The van der Waals surface area contributed by atoms with Crippen LogP contribution in [0.1, 0.15) is 5.56 Å². The van der Waals surface area contributed by atoms with Crippen molar-refractivity contribution in [3.05, 3.63) is 71.3 Å². The summed E-state index contributed by atoms with van der Waals surface area (Å²) in [5.41, 5.74) is 2.18. The molecular formula is C23H23ClFN5OS. The highest BCUT2D eigenvalue weighted by atomic mass is 35.5. The van der Waals surface area contributed by atoms with Gasteiger partial charge >= 0.3 is 0 Å². The molecule has 1 aliphatic rings. The van der Waals surface area contributed by atoms with Crippen LogP contribution in [0.15, 0.2) is 59.9 Å². The van der Waals surface area contributed by atoms with Crippen molar-refractivity contribution in [3.8, 4) is 0 Å². The monoisotopic (exact) mass is 471 g/mol. The quantitative estimate of drug-likeness (QED) is 0.417. The number of anilines is 3. The Hall–Kier alpha value is -2.84. The summed E-state index contributed by atoms with van der Waals surface area (Å²) in [4.78, 5) is 25.2. The minimum Gasteiger partial charge on any atom is -0.366 e. The third kappa shape index (κ3) is 5.31. The van der Waals surface area contributed by atoms with Gasteiger partial charge in [0.1, 0.15) is 23.0 Å². The highest BCUT2D eigenvalue weighted by molar-refractivity contribution is 7.99. The second kappa shape index (κ2) is 10.2. The number of halogens is 2. The van der Waals surface area contributed by atoms with Crippen molar-refractivity contribution in [1.82, 2.24) is 9.97 Å². The summed E-state index contributed by atoms with van der Waals surface area (Å²) in [5, 5.41) is 4.23. The Morgan fingerprint density at radius 2 is 1.84 bits per heavy atom. The number of aromatic nitrogens is 2. The van der Waals surface area contributed by atoms with E-state index < -0.39 is 0 Å². The van der Waals surface area contributed by atoms with Crippen LogP contribution in [0.5, 0.6) is 0 Å². The molecule has 166 valence electrons. The predicted molar refractivity (Wildman–Crippen MR) is 128 cm³/mol. The molecule has 0 atom stereocenters. The molecular weight excluding hydrogens is 449 g/mol. The van der Waals surface area contributed by atoms with Crippen molar-refractivity contribution in [2.75, 3.05) is 47.0 Å². The number of benzene rings is 2. The first kappa shape index (κ1) is 22.4. The Bertz CT molecular complexity index is 1110. The van der Waals surface area contributed by atoms with E-state index in [0.29, 0.717) is 29.5 Å². The van der Waals surface area contributed by atoms with Gasteiger partial charge < -0.3 is 15.1 Å². The van der Waals surface area contributed by atoms with E-state index in [1.165, 1.54) is 24.2 Å². The lowest BCUT2D eigenvalue weighted by molar-refractivity contribution is -0.113. The average molecular weight is 472 g/mol. The lowest BCUT2D eigenvalue weighted by Gasteiger charge is -2.36. The van der Waals surface area contributed by atoms with Crippen LogP contribution in [0.3, 0.4) is 0 Å². The summed E-state index contributed by atoms with van der Waals surface area (Å²) in [7, 11) is 0. The number of hydrogen-bond acceptors (Lipinski definition) is 6. The van der Waals surface area contributed by atoms with Crippen LogP contribution in [0.4, 0.5) is 21.6 Å². The number of carbonyl (C=O) groups is 1. The van der Waals surface area contributed by atoms with Gasteiger partial charge in [-0.3, -0.25) is 4.79 Å². The maximum atomic E-state index is 14.1. The van der Waals surface area contributed by atoms with Crippen molar-refractivity contribution in [1.29, 1.82) is 0 Å². The van der Waals surface area contributed by atoms with E-state index >= 15 is 0 Å². The van der Waals surface area contributed by atoms with Gasteiger partial charge in [0.05, 0.1) is 11.4 Å². The fraction of sp³-hybridized carbons (Fsp3) is 0.261. The van der Waals surface area contributed by atoms with Crippen LogP contribution >= 0.6 is 23.4 Å². The Morgan fingerprint density at radius 1 is 1.09 bits per heavy atom. The molecule has 0 radical (unpaired) electrons. The van der Waals surface area contributed by atoms with Gasteiger partial charge in [-0.1, -0.05) is 41.6 Å². The summed E-state index contributed by atoms with van der Waals surface area (Å²) < 4.78 is 14.1. The molecule has 1 aromatic heterocycles. The Kier molecular flexibility index (Phi) is 7.12. The first-order valence-corrected chi connectivity index (χ1v) is 11.6. The van der Waals surface area contributed by atoms with E-state index in [2.05, 4.69) is 20.2 Å². The molecule has 2 aromatic carbocycles. The number of rotatable bonds is 6. The molecule has 3 aromatic rings. The zero-order valence-corrected chi connectivity index (χ0v) is 19.2. The van der Waals surface area contributed by atoms with Gasteiger partial charge in [0, 0.05) is 43.0 Å². The molecule has 1 amide bonds. The third-order valence-electron chi connectivity index (χ3n) is 5.32. The van der Waals surface area contributed by atoms with Gasteiger partial charge in [-0.15, -0.1) is 0 Å². The van der Waals surface area contributed by atoms with Crippen molar-refractivity contribution in [2.24, 2.45) is 0 Å². The fourth-order valence-electron chi connectivity index (χ4n) is 3.54. The normalized spacial score (nSPS) is 13.8. The largest absolute Gasteiger partial charge is 0.366 e. The van der Waals surface area contributed by atoms with Crippen molar-refractivity contribution < 1.29 is 9.18 Å². The number of nitrogens with zero attached hydrogens (tertiary/aromatic N) is 4. The molecule has 0 unspecified atom stereocenters. The van der Waals surface area contributed by atoms with Crippen molar-refractivity contribution in [2.45, 2.75) is 11.9 Å². The molecule has 0 spiro atoms. The van der Waals surface area contributed by atoms with Crippen LogP contribution in [-0.4, -0.2) is 47.8 Å². The summed E-state index contributed by atoms with van der Waals surface area (Å²) in [5.74, 6) is 0.706. The number of carbonyl (C=O) groups excluding carboxylic acids is 1. The van der Waals surface area contributed by atoms with Gasteiger partial charge in [0.15, 0.2) is 0 Å². The summed E-state index contributed by atoms with van der Waals surface area (Å²) in [6.45, 7) is 4.73. The molecule has 6 nitrogen and oxygen atoms in total. The molecule has 2 heterocycles. The molecule has 9 heteroatoms. The topological polar surface area (TPSA) is 61.4 Å². The van der Waals surface area contributed by atoms with Gasteiger partial charge in [0.2, 0.25) is 5.91 Å². The minimum absolute atomic E-state index is 0.126. The van der Waals surface area contributed by atoms with Crippen LogP contribution in [0.2, 0.25) is 5.02 Å². The van der Waals surface area contributed by atoms with Crippen molar-refractivity contribution in [3.63, 3.8) is 0 Å². The van der Waals surface area contributed by atoms with Gasteiger partial charge in [-0.25, -0.2) is 14.4 Å². The molecule has 0 bridgehead atoms. The number of hydrogen-bond donors (Lipinski definition) is 1. The van der Waals surface area contributed by atoms with E-state index in [9.17, 15) is 9.18 Å². The van der Waals surface area contributed by atoms with Crippen LogP contribution in [-0.2, 0) is 4.79 Å². The van der Waals surface area contributed by atoms with Gasteiger partial charge in [0.25, 0.3) is 0 Å². The van der Waals surface area contributed by atoms with Gasteiger partial charge in [-0.2, -0.15) is 0 Å². The minimum atomic E-state index is -0.201. The summed E-state index contributed by atoms with van der Waals surface area (Å²) in [6.07, 6.45) is 1.51. The number of nitrogens with one attached hydrogen (secondary N) is 1. The van der Waals surface area contributed by atoms with E-state index in [-0.39, 0.29) is 17.5 Å². The maximum absolute atomic E-state index is 14.1. The molecule has 0 aliphatic carbocycles. The third-order valence-corrected chi connectivity index (χ3v) is 6.65. The number of amides is 1. The second-order valence-corrected chi connectivity index (χ2v) is 8.79. The molecule has 0 saturated carbocycles. The zero-order chi connectivity index (χ0) is 22.5. The zero-order valence-electron chi connectivity index (χ0n) is 17.6. The lowest BCUT2D eigenvalue weighted by Crippen LogP contribution is -2.47. The lowest BCUT2D eigenvalue weighted by atomic mass is 10.2. The van der Waals surface area contributed by atoms with Crippen LogP contribution in [0.25, 0.3) is 0 Å². The smallest absolute Gasteiger partial charge is 0.234 e. The second-order valence-electron chi connectivity index (χ2n) is 7.39. The molecule has 4 rings (SSSR count). The fourth-order valence-corrected chi connectivity index (χ4v) is 4.37. The number of thioether (sulfide) groups is 1. The van der Waals surface area contributed by atoms with Gasteiger partial charge in [-0.05, 0) is 36.8 Å². The molecule has 1 aliphatic heterocycles. The molecule has 32 heavy (non-hydrogen) atoms. The van der Waals surface area contributed by atoms with Crippen LogP contribution < -0.4 is 15.1 Å². The van der Waals surface area contributed by atoms with E-state index in [4.69, 9.17) is 11.6 Å². The van der Waals surface area contributed by atoms with E-state index in [1.54, 1.807) is 24.3 Å². The molecule has 1 N–H and O–H groups in total. The highest BCUT2D eigenvalue weighted by Crippen LogP contribution is 2.25. The number of para-hydroxylation sites is 1. The summed E-state index contributed by atoms with van der Waals surface area (Å²) in [6, 6.07) is 14.2. The first-order valence-electron chi connectivity index (χ1n) is 10.3. The Morgan fingerprint density at radius 3 is 2.62 bits per heavy atom. The maximum Gasteiger partial charge on any atom is 0.234 e. The Labute approximate surface area is 195 Å². The predicted octanol–water partition coefficient (Wildman–Crippen LogP) is 4.63. The first-order chi connectivity index (χ1) is 15.5. The van der Waals surface area contributed by atoms with E-state index in [0.717, 1.165) is 29.5 Å². The summed E-state index contributed by atoms with van der Waals surface area (Å²) >= 11 is 7.47. The van der Waals surface area contributed by atoms with Crippen molar-refractivity contribution >= 4 is 46.5 Å². The Balaban J connectivity index is 1.32. The number of piperazine rings is 1. The molecule has 1 fully saturated rings. The van der Waals surface area contributed by atoms with Crippen LogP contribution in [0, 0.1) is 12.7 Å². The highest BCUT2D eigenvalue weighted by Gasteiger charge is 2.20.